The van der Waals surface area contributed by atoms with E-state index in [-0.39, 0.29) is 18.4 Å². The maximum Gasteiger partial charge on any atom is 0.122 e. The van der Waals surface area contributed by atoms with Gasteiger partial charge in [-0.05, 0) is 61.2 Å². The molecule has 1 saturated heterocycles. The summed E-state index contributed by atoms with van der Waals surface area (Å²) in [5.74, 6) is 1.20. The van der Waals surface area contributed by atoms with Crippen LogP contribution in [0.3, 0.4) is 0 Å². The Labute approximate surface area is 178 Å². The largest absolute Gasteiger partial charge is 0.508 e. The van der Waals surface area contributed by atoms with E-state index >= 15 is 0 Å². The van der Waals surface area contributed by atoms with Gasteiger partial charge in [0.05, 0.1) is 7.11 Å². The molecule has 0 saturated carbocycles. The number of aliphatic hydroxyl groups excluding tert-OH is 1. The second-order valence-corrected chi connectivity index (χ2v) is 8.26. The molecule has 0 aliphatic carbocycles. The number of hydrogen-bond acceptors (Lipinski definition) is 5. The van der Waals surface area contributed by atoms with Crippen LogP contribution in [-0.2, 0) is 13.1 Å². The lowest BCUT2D eigenvalue weighted by Gasteiger charge is -2.42. The lowest BCUT2D eigenvalue weighted by atomic mass is 10.00. The van der Waals surface area contributed by atoms with E-state index in [1.54, 1.807) is 19.2 Å². The summed E-state index contributed by atoms with van der Waals surface area (Å²) in [5.41, 5.74) is 4.58. The molecule has 1 fully saturated rings. The number of phenolic OH excluding ortho intramolecular Hbond substituents is 1. The highest BCUT2D eigenvalue weighted by Gasteiger charge is 2.27. The van der Waals surface area contributed by atoms with Gasteiger partial charge in [0, 0.05) is 56.0 Å². The van der Waals surface area contributed by atoms with Gasteiger partial charge < -0.3 is 14.9 Å². The monoisotopic (exact) mass is 418 g/mol. The van der Waals surface area contributed by atoms with Gasteiger partial charge in [-0.2, -0.15) is 0 Å². The van der Waals surface area contributed by atoms with E-state index in [4.69, 9.17) is 16.3 Å². The quantitative estimate of drug-likeness (QED) is 0.717. The topological polar surface area (TPSA) is 56.2 Å². The number of piperazine rings is 1. The van der Waals surface area contributed by atoms with E-state index in [9.17, 15) is 10.2 Å². The van der Waals surface area contributed by atoms with E-state index in [0.717, 1.165) is 43.9 Å². The maximum atomic E-state index is 10.1. The Morgan fingerprint density at radius 2 is 1.86 bits per heavy atom. The van der Waals surface area contributed by atoms with Gasteiger partial charge in [0.25, 0.3) is 0 Å². The van der Waals surface area contributed by atoms with Crippen molar-refractivity contribution in [3.8, 4) is 11.5 Å². The highest BCUT2D eigenvalue weighted by Crippen LogP contribution is 2.28. The molecule has 29 heavy (non-hydrogen) atoms. The smallest absolute Gasteiger partial charge is 0.122 e. The minimum atomic E-state index is 0.165. The molecule has 0 radical (unpaired) electrons. The van der Waals surface area contributed by atoms with Crippen LogP contribution in [0.5, 0.6) is 11.5 Å². The van der Waals surface area contributed by atoms with Crippen LogP contribution >= 0.6 is 11.6 Å². The summed E-state index contributed by atoms with van der Waals surface area (Å²) in [4.78, 5) is 4.78. The molecular formula is C23H31ClN2O3. The van der Waals surface area contributed by atoms with Crippen LogP contribution in [0, 0.1) is 13.8 Å². The third-order valence-corrected chi connectivity index (χ3v) is 6.26. The maximum absolute atomic E-state index is 10.1. The van der Waals surface area contributed by atoms with E-state index in [1.807, 2.05) is 12.1 Å². The zero-order chi connectivity index (χ0) is 21.0. The highest BCUT2D eigenvalue weighted by molar-refractivity contribution is 6.30. The molecule has 5 nitrogen and oxygen atoms in total. The first-order valence-corrected chi connectivity index (χ1v) is 10.5. The highest BCUT2D eigenvalue weighted by atomic mass is 35.5. The van der Waals surface area contributed by atoms with Gasteiger partial charge in [-0.3, -0.25) is 9.80 Å². The molecular weight excluding hydrogens is 388 g/mol. The molecule has 0 amide bonds. The van der Waals surface area contributed by atoms with Gasteiger partial charge >= 0.3 is 0 Å². The Morgan fingerprint density at radius 1 is 1.07 bits per heavy atom. The van der Waals surface area contributed by atoms with Crippen LogP contribution < -0.4 is 4.74 Å². The van der Waals surface area contributed by atoms with Crippen molar-refractivity contribution in [1.82, 2.24) is 9.80 Å². The Balaban J connectivity index is 1.71. The number of phenols is 1. The van der Waals surface area contributed by atoms with Gasteiger partial charge in [0.15, 0.2) is 0 Å². The van der Waals surface area contributed by atoms with Crippen molar-refractivity contribution in [2.24, 2.45) is 0 Å². The Hall–Kier alpha value is -1.79. The van der Waals surface area contributed by atoms with E-state index in [1.165, 1.54) is 16.7 Å². The van der Waals surface area contributed by atoms with Crippen LogP contribution in [0.1, 0.15) is 28.7 Å². The molecule has 158 valence electrons. The zero-order valence-electron chi connectivity index (χ0n) is 17.5. The first-order valence-electron chi connectivity index (χ1n) is 10.1. The van der Waals surface area contributed by atoms with Gasteiger partial charge in [-0.25, -0.2) is 0 Å². The molecule has 3 rings (SSSR count). The molecule has 0 aromatic heterocycles. The summed E-state index contributed by atoms with van der Waals surface area (Å²) < 4.78 is 5.44. The number of aromatic hydroxyl groups is 1. The van der Waals surface area contributed by atoms with E-state index in [2.05, 4.69) is 29.7 Å². The average molecular weight is 419 g/mol. The second-order valence-electron chi connectivity index (χ2n) is 7.82. The van der Waals surface area contributed by atoms with Crippen molar-refractivity contribution in [3.63, 3.8) is 0 Å². The standard InChI is InChI=1S/C23H31ClN2O3/c1-16-17(2)23(29-3)7-4-18(16)14-26-10-9-25(15-21(26)8-11-27)13-19-12-20(24)5-6-22(19)28/h4-7,12,21,27-28H,8-11,13-15H2,1-3H3/t21-/m0/s1. The van der Waals surface area contributed by atoms with Gasteiger partial charge in [-0.1, -0.05) is 17.7 Å². The van der Waals surface area contributed by atoms with Crippen molar-refractivity contribution in [3.05, 3.63) is 57.6 Å². The van der Waals surface area contributed by atoms with Crippen LogP contribution in [-0.4, -0.2) is 59.4 Å². The summed E-state index contributed by atoms with van der Waals surface area (Å²) in [6.45, 7) is 8.59. The van der Waals surface area contributed by atoms with Crippen LogP contribution in [0.25, 0.3) is 0 Å². The average Bonchev–Trinajstić information content (AvgIpc) is 2.70. The summed E-state index contributed by atoms with van der Waals surface area (Å²) >= 11 is 6.10. The number of halogens is 1. The van der Waals surface area contributed by atoms with E-state index < -0.39 is 0 Å². The Bertz CT molecular complexity index is 843. The molecule has 1 aliphatic heterocycles. The lowest BCUT2D eigenvalue weighted by molar-refractivity contribution is 0.0495. The van der Waals surface area contributed by atoms with Crippen molar-refractivity contribution >= 4 is 11.6 Å². The Kier molecular flexibility index (Phi) is 7.41. The Morgan fingerprint density at radius 3 is 2.59 bits per heavy atom. The summed E-state index contributed by atoms with van der Waals surface area (Å²) in [7, 11) is 1.70. The fraction of sp³-hybridized carbons (Fsp3) is 0.478. The molecule has 0 spiro atoms. The summed E-state index contributed by atoms with van der Waals surface area (Å²) in [6.07, 6.45) is 0.728. The molecule has 1 aliphatic rings. The predicted molar refractivity (Wildman–Crippen MR) is 117 cm³/mol. The molecule has 1 atom stereocenters. The van der Waals surface area contributed by atoms with Gasteiger partial charge in [0.2, 0.25) is 0 Å². The van der Waals surface area contributed by atoms with Crippen LogP contribution in [0.4, 0.5) is 0 Å². The first-order chi connectivity index (χ1) is 13.9. The van der Waals surface area contributed by atoms with Crippen molar-refractivity contribution in [2.75, 3.05) is 33.4 Å². The van der Waals surface area contributed by atoms with Crippen LogP contribution in [0.15, 0.2) is 30.3 Å². The normalized spacial score (nSPS) is 18.2. The fourth-order valence-electron chi connectivity index (χ4n) is 4.12. The predicted octanol–water partition coefficient (Wildman–Crippen LogP) is 3.74. The van der Waals surface area contributed by atoms with Crippen molar-refractivity contribution in [1.29, 1.82) is 0 Å². The number of rotatable bonds is 7. The third-order valence-electron chi connectivity index (χ3n) is 6.03. The number of benzene rings is 2. The third kappa shape index (κ3) is 5.23. The molecule has 6 heteroatoms. The molecule has 2 aromatic carbocycles. The van der Waals surface area contributed by atoms with Gasteiger partial charge in [-0.15, -0.1) is 0 Å². The molecule has 2 aromatic rings. The number of ether oxygens (including phenoxy) is 1. The SMILES string of the molecule is COc1ccc(CN2CCN(Cc3cc(Cl)ccc3O)C[C@@H]2CCO)c(C)c1C. The minimum Gasteiger partial charge on any atom is -0.508 e. The second kappa shape index (κ2) is 9.81. The molecule has 2 N–H and O–H groups in total. The molecule has 0 bridgehead atoms. The number of methoxy groups -OCH3 is 1. The van der Waals surface area contributed by atoms with Gasteiger partial charge in [0.1, 0.15) is 11.5 Å². The first kappa shape index (κ1) is 21.9. The molecule has 1 heterocycles. The van der Waals surface area contributed by atoms with Crippen molar-refractivity contribution < 1.29 is 14.9 Å². The molecule has 0 unspecified atom stereocenters. The number of nitrogens with zero attached hydrogens (tertiary/aromatic N) is 2. The summed E-state index contributed by atoms with van der Waals surface area (Å²) in [5, 5.41) is 20.4. The van der Waals surface area contributed by atoms with E-state index in [0.29, 0.717) is 11.6 Å². The fourth-order valence-corrected chi connectivity index (χ4v) is 4.31. The van der Waals surface area contributed by atoms with Crippen LogP contribution in [0.2, 0.25) is 5.02 Å². The number of aliphatic hydroxyl groups is 1. The van der Waals surface area contributed by atoms with Crippen molar-refractivity contribution in [2.45, 2.75) is 39.4 Å². The summed E-state index contributed by atoms with van der Waals surface area (Å²) in [6, 6.07) is 9.62. The minimum absolute atomic E-state index is 0.165. The lowest BCUT2D eigenvalue weighted by Crippen LogP contribution is -2.52. The zero-order valence-corrected chi connectivity index (χ0v) is 18.2. The number of hydrogen-bond donors (Lipinski definition) is 2.